The number of halogens is 1. The van der Waals surface area contributed by atoms with E-state index in [1.165, 1.54) is 22.5 Å². The number of aromatic nitrogens is 2. The number of nitrogens with zero attached hydrogens (tertiary/aromatic N) is 6. The van der Waals surface area contributed by atoms with Gasteiger partial charge in [-0.3, -0.25) is 0 Å². The highest BCUT2D eigenvalue weighted by Crippen LogP contribution is 2.24. The van der Waals surface area contributed by atoms with Crippen molar-refractivity contribution in [2.75, 3.05) is 69.2 Å². The molecule has 0 aliphatic carbocycles. The van der Waals surface area contributed by atoms with Crippen LogP contribution in [0.4, 0.5) is 16.2 Å². The first-order chi connectivity index (χ1) is 14.7. The van der Waals surface area contributed by atoms with Gasteiger partial charge in [-0.25, -0.2) is 17.8 Å². The fourth-order valence-electron chi connectivity index (χ4n) is 4.05. The predicted octanol–water partition coefficient (Wildman–Crippen LogP) is 1.50. The van der Waals surface area contributed by atoms with Crippen LogP contribution < -0.4 is 9.80 Å². The number of benzene rings is 1. The zero-order valence-corrected chi connectivity index (χ0v) is 19.1. The Balaban J connectivity index is 1.47. The van der Waals surface area contributed by atoms with Gasteiger partial charge >= 0.3 is 0 Å². The molecule has 1 aromatic heterocycles. The average Bonchev–Trinajstić information content (AvgIpc) is 2.73. The van der Waals surface area contributed by atoms with E-state index in [9.17, 15) is 12.8 Å². The Kier molecular flexibility index (Phi) is 6.14. The molecule has 2 fully saturated rings. The normalized spacial score (nSPS) is 19.1. The van der Waals surface area contributed by atoms with Gasteiger partial charge in [0.2, 0.25) is 16.0 Å². The first kappa shape index (κ1) is 21.9. The van der Waals surface area contributed by atoms with E-state index in [0.717, 1.165) is 37.7 Å². The fourth-order valence-corrected chi connectivity index (χ4v) is 5.67. The Morgan fingerprint density at radius 2 is 1.52 bits per heavy atom. The van der Waals surface area contributed by atoms with Crippen LogP contribution in [-0.2, 0) is 10.0 Å². The molecule has 168 valence electrons. The summed E-state index contributed by atoms with van der Waals surface area (Å²) in [6.45, 7) is 9.10. The lowest BCUT2D eigenvalue weighted by atomic mass is 10.2. The Morgan fingerprint density at radius 3 is 2.16 bits per heavy atom. The molecule has 0 N–H and O–H groups in total. The maximum absolute atomic E-state index is 13.4. The quantitative estimate of drug-likeness (QED) is 0.702. The summed E-state index contributed by atoms with van der Waals surface area (Å²) in [5, 5.41) is 0. The van der Waals surface area contributed by atoms with Gasteiger partial charge in [0.05, 0.1) is 4.90 Å². The third-order valence-electron chi connectivity index (χ3n) is 5.93. The molecule has 8 nitrogen and oxygen atoms in total. The zero-order valence-electron chi connectivity index (χ0n) is 18.3. The van der Waals surface area contributed by atoms with Gasteiger partial charge in [0.1, 0.15) is 11.6 Å². The first-order valence-electron chi connectivity index (χ1n) is 10.5. The Morgan fingerprint density at radius 1 is 0.871 bits per heavy atom. The van der Waals surface area contributed by atoms with Gasteiger partial charge < -0.3 is 14.7 Å². The summed E-state index contributed by atoms with van der Waals surface area (Å²) in [7, 11) is -1.55. The van der Waals surface area contributed by atoms with Crippen molar-refractivity contribution in [3.05, 3.63) is 41.3 Å². The van der Waals surface area contributed by atoms with Crippen molar-refractivity contribution in [3.63, 3.8) is 0 Å². The number of hydrogen-bond donors (Lipinski definition) is 0. The second-order valence-electron chi connectivity index (χ2n) is 8.26. The van der Waals surface area contributed by atoms with Gasteiger partial charge in [-0.1, -0.05) is 0 Å². The second-order valence-corrected chi connectivity index (χ2v) is 10.2. The molecular formula is C21H29FN6O2S. The van der Waals surface area contributed by atoms with Crippen molar-refractivity contribution in [2.24, 2.45) is 0 Å². The van der Waals surface area contributed by atoms with Crippen LogP contribution in [0.15, 0.2) is 29.2 Å². The van der Waals surface area contributed by atoms with E-state index >= 15 is 0 Å². The van der Waals surface area contributed by atoms with Crippen LogP contribution in [0.3, 0.4) is 0 Å². The van der Waals surface area contributed by atoms with Crippen LogP contribution >= 0.6 is 0 Å². The summed E-state index contributed by atoms with van der Waals surface area (Å²) in [6, 6.07) is 5.80. The van der Waals surface area contributed by atoms with E-state index in [0.29, 0.717) is 37.7 Å². The molecule has 2 saturated heterocycles. The number of aryl methyl sites for hydroxylation is 2. The van der Waals surface area contributed by atoms with Gasteiger partial charge in [0, 0.05) is 64.1 Å². The lowest BCUT2D eigenvalue weighted by Gasteiger charge is -2.36. The number of hydrogen-bond acceptors (Lipinski definition) is 7. The molecule has 2 aromatic rings. The molecule has 0 amide bonds. The van der Waals surface area contributed by atoms with Crippen LogP contribution in [-0.4, -0.2) is 87.0 Å². The number of piperazine rings is 2. The van der Waals surface area contributed by atoms with E-state index in [1.807, 2.05) is 17.9 Å². The topological polar surface area (TPSA) is 72.9 Å². The SMILES string of the molecule is Cc1cc(N2CCN(C)CC2)nc(N2CCN(S(=O)(=O)c3ccc(F)cc3C)CC2)n1. The lowest BCUT2D eigenvalue weighted by molar-refractivity contribution is 0.312. The summed E-state index contributed by atoms with van der Waals surface area (Å²) in [4.78, 5) is 16.2. The monoisotopic (exact) mass is 448 g/mol. The average molecular weight is 449 g/mol. The van der Waals surface area contributed by atoms with E-state index in [4.69, 9.17) is 4.98 Å². The molecule has 0 saturated carbocycles. The molecule has 0 atom stereocenters. The molecule has 0 unspecified atom stereocenters. The highest BCUT2D eigenvalue weighted by Gasteiger charge is 2.31. The molecule has 2 aliphatic heterocycles. The van der Waals surface area contributed by atoms with Crippen LogP contribution in [0.25, 0.3) is 0 Å². The Labute approximate surface area is 183 Å². The van der Waals surface area contributed by atoms with Crippen LogP contribution in [0, 0.1) is 19.7 Å². The molecule has 10 heteroatoms. The fraction of sp³-hybridized carbons (Fsp3) is 0.524. The maximum Gasteiger partial charge on any atom is 0.243 e. The third-order valence-corrected chi connectivity index (χ3v) is 7.99. The molecule has 3 heterocycles. The van der Waals surface area contributed by atoms with Gasteiger partial charge in [-0.2, -0.15) is 9.29 Å². The van der Waals surface area contributed by atoms with Crippen LogP contribution in [0.2, 0.25) is 0 Å². The smallest absolute Gasteiger partial charge is 0.243 e. The van der Waals surface area contributed by atoms with E-state index in [2.05, 4.69) is 21.8 Å². The molecule has 0 radical (unpaired) electrons. The van der Waals surface area contributed by atoms with E-state index in [-0.39, 0.29) is 4.90 Å². The summed E-state index contributed by atoms with van der Waals surface area (Å²) in [5.41, 5.74) is 1.32. The van der Waals surface area contributed by atoms with Crippen LogP contribution in [0.1, 0.15) is 11.3 Å². The molecule has 4 rings (SSSR count). The molecule has 31 heavy (non-hydrogen) atoms. The Hall–Kier alpha value is -2.30. The minimum atomic E-state index is -3.67. The maximum atomic E-state index is 13.4. The van der Waals surface area contributed by atoms with Gasteiger partial charge in [-0.05, 0) is 44.7 Å². The summed E-state index contributed by atoms with van der Waals surface area (Å²) < 4.78 is 41.0. The minimum absolute atomic E-state index is 0.159. The van der Waals surface area contributed by atoms with Crippen LogP contribution in [0.5, 0.6) is 0 Å². The van der Waals surface area contributed by atoms with E-state index < -0.39 is 15.8 Å². The predicted molar refractivity (Wildman–Crippen MR) is 119 cm³/mol. The van der Waals surface area contributed by atoms with Crippen molar-refractivity contribution >= 4 is 21.8 Å². The third kappa shape index (κ3) is 4.65. The van der Waals surface area contributed by atoms with Gasteiger partial charge in [0.25, 0.3) is 0 Å². The van der Waals surface area contributed by atoms with Gasteiger partial charge in [-0.15, -0.1) is 0 Å². The highest BCUT2D eigenvalue weighted by atomic mass is 32.2. The second kappa shape index (κ2) is 8.68. The molecule has 0 bridgehead atoms. The van der Waals surface area contributed by atoms with Crippen molar-refractivity contribution in [1.82, 2.24) is 19.2 Å². The number of sulfonamides is 1. The van der Waals surface area contributed by atoms with Gasteiger partial charge in [0.15, 0.2) is 0 Å². The van der Waals surface area contributed by atoms with Crippen molar-refractivity contribution in [3.8, 4) is 0 Å². The summed E-state index contributed by atoms with van der Waals surface area (Å²) in [6.07, 6.45) is 0. The minimum Gasteiger partial charge on any atom is -0.354 e. The standard InChI is InChI=1S/C21H29FN6O2S/c1-16-14-18(22)4-5-19(16)31(29,30)28-12-10-27(11-13-28)21-23-17(2)15-20(24-21)26-8-6-25(3)7-9-26/h4-5,14-15H,6-13H2,1-3H3. The molecule has 0 spiro atoms. The summed E-state index contributed by atoms with van der Waals surface area (Å²) >= 11 is 0. The van der Waals surface area contributed by atoms with Crippen molar-refractivity contribution < 1.29 is 12.8 Å². The van der Waals surface area contributed by atoms with Crippen molar-refractivity contribution in [2.45, 2.75) is 18.7 Å². The molecule has 2 aliphatic rings. The highest BCUT2D eigenvalue weighted by molar-refractivity contribution is 7.89. The zero-order chi connectivity index (χ0) is 22.2. The first-order valence-corrected chi connectivity index (χ1v) is 12.0. The van der Waals surface area contributed by atoms with E-state index in [1.54, 1.807) is 6.92 Å². The largest absolute Gasteiger partial charge is 0.354 e. The number of rotatable bonds is 4. The lowest BCUT2D eigenvalue weighted by Crippen LogP contribution is -2.49. The Bertz CT molecular complexity index is 1050. The molecular weight excluding hydrogens is 419 g/mol. The number of anilines is 2. The number of likely N-dealkylation sites (N-methyl/N-ethyl adjacent to an activating group) is 1. The van der Waals surface area contributed by atoms with Crippen molar-refractivity contribution in [1.29, 1.82) is 0 Å². The molecule has 1 aromatic carbocycles. The summed E-state index contributed by atoms with van der Waals surface area (Å²) in [5.74, 6) is 1.13.